The minimum absolute atomic E-state index is 1.35. The summed E-state index contributed by atoms with van der Waals surface area (Å²) in [5.41, 5.74) is 0. The van der Waals surface area contributed by atoms with E-state index in [1.165, 1.54) is 13.7 Å². The maximum Gasteiger partial charge on any atom is 0.0476 e. The molecule has 0 N–H and O–H groups in total. The zero-order valence-electron chi connectivity index (χ0n) is 5.17. The predicted octanol–water partition coefficient (Wildman–Crippen LogP) is 3.51. The highest BCUT2D eigenvalue weighted by molar-refractivity contribution is 14.1. The van der Waals surface area contributed by atoms with Gasteiger partial charge in [0, 0.05) is 8.27 Å². The summed E-state index contributed by atoms with van der Waals surface area (Å²) in [4.78, 5) is 0. The van der Waals surface area contributed by atoms with Crippen molar-refractivity contribution >= 4 is 44.0 Å². The Bertz CT molecular complexity index is 351. The van der Waals surface area contributed by atoms with Crippen LogP contribution in [0.1, 0.15) is 0 Å². The zero-order valence-corrected chi connectivity index (χ0v) is 8.15. The van der Waals surface area contributed by atoms with Crippen molar-refractivity contribution in [2.75, 3.05) is 0 Å². The molecule has 0 saturated heterocycles. The van der Waals surface area contributed by atoms with E-state index in [-0.39, 0.29) is 0 Å². The number of benzene rings is 1. The standard InChI is InChI=1S/C8H5IS/c9-7-3-1-2-6-4-5-10-8(6)7/h1-5H. The van der Waals surface area contributed by atoms with E-state index in [4.69, 9.17) is 0 Å². The molecule has 2 aromatic rings. The van der Waals surface area contributed by atoms with Crippen LogP contribution in [0.2, 0.25) is 0 Å². The normalized spacial score (nSPS) is 10.5. The molecule has 2 heteroatoms. The highest BCUT2D eigenvalue weighted by Gasteiger charge is 1.95. The summed E-state index contributed by atoms with van der Waals surface area (Å²) in [7, 11) is 0. The van der Waals surface area contributed by atoms with E-state index in [1.54, 1.807) is 11.3 Å². The maximum atomic E-state index is 2.37. The quantitative estimate of drug-likeness (QED) is 0.636. The molecule has 0 unspecified atom stereocenters. The smallest absolute Gasteiger partial charge is 0.0476 e. The van der Waals surface area contributed by atoms with Crippen molar-refractivity contribution < 1.29 is 0 Å². The number of rotatable bonds is 0. The minimum atomic E-state index is 1.35. The van der Waals surface area contributed by atoms with Crippen LogP contribution >= 0.6 is 33.9 Å². The molecule has 0 radical (unpaired) electrons. The fourth-order valence-electron chi connectivity index (χ4n) is 0.956. The lowest BCUT2D eigenvalue weighted by atomic mass is 10.3. The highest BCUT2D eigenvalue weighted by Crippen LogP contribution is 2.25. The lowest BCUT2D eigenvalue weighted by Gasteiger charge is -1.89. The van der Waals surface area contributed by atoms with Gasteiger partial charge in [0.25, 0.3) is 0 Å². The van der Waals surface area contributed by atoms with E-state index >= 15 is 0 Å². The van der Waals surface area contributed by atoms with Crippen LogP contribution in [0.25, 0.3) is 10.1 Å². The Morgan fingerprint density at radius 2 is 2.10 bits per heavy atom. The summed E-state index contributed by atoms with van der Waals surface area (Å²) in [5, 5.41) is 3.49. The summed E-state index contributed by atoms with van der Waals surface area (Å²) in [6.07, 6.45) is 0. The molecular weight excluding hydrogens is 255 g/mol. The van der Waals surface area contributed by atoms with E-state index in [2.05, 4.69) is 52.2 Å². The van der Waals surface area contributed by atoms with Crippen molar-refractivity contribution in [3.63, 3.8) is 0 Å². The molecule has 0 fully saturated rings. The fraction of sp³-hybridized carbons (Fsp3) is 0. The fourth-order valence-corrected chi connectivity index (χ4v) is 2.66. The van der Waals surface area contributed by atoms with Gasteiger partial charge in [-0.25, -0.2) is 0 Å². The summed E-state index contributed by atoms with van der Waals surface area (Å²) in [6, 6.07) is 8.53. The SMILES string of the molecule is Ic1cccc2ccsc12. The summed E-state index contributed by atoms with van der Waals surface area (Å²) in [6.45, 7) is 0. The molecule has 0 spiro atoms. The number of hydrogen-bond donors (Lipinski definition) is 0. The predicted molar refractivity (Wildman–Crippen MR) is 54.5 cm³/mol. The lowest BCUT2D eigenvalue weighted by Crippen LogP contribution is -1.66. The van der Waals surface area contributed by atoms with Gasteiger partial charge in [0.15, 0.2) is 0 Å². The third-order valence-corrected chi connectivity index (χ3v) is 3.66. The number of hydrogen-bond acceptors (Lipinski definition) is 1. The van der Waals surface area contributed by atoms with E-state index in [9.17, 15) is 0 Å². The zero-order chi connectivity index (χ0) is 6.97. The van der Waals surface area contributed by atoms with E-state index < -0.39 is 0 Å². The Morgan fingerprint density at radius 3 is 2.90 bits per heavy atom. The van der Waals surface area contributed by atoms with Gasteiger partial charge >= 0.3 is 0 Å². The first-order valence-corrected chi connectivity index (χ1v) is 4.95. The molecule has 10 heavy (non-hydrogen) atoms. The van der Waals surface area contributed by atoms with E-state index in [0.29, 0.717) is 0 Å². The van der Waals surface area contributed by atoms with Gasteiger partial charge in [0.2, 0.25) is 0 Å². The molecule has 0 bridgehead atoms. The topological polar surface area (TPSA) is 0 Å². The van der Waals surface area contributed by atoms with Crippen LogP contribution in [0, 0.1) is 3.57 Å². The van der Waals surface area contributed by atoms with Gasteiger partial charge in [0.05, 0.1) is 0 Å². The van der Waals surface area contributed by atoms with Crippen LogP contribution in [0.3, 0.4) is 0 Å². The van der Waals surface area contributed by atoms with Gasteiger partial charge in [-0.1, -0.05) is 12.1 Å². The van der Waals surface area contributed by atoms with Gasteiger partial charge < -0.3 is 0 Å². The van der Waals surface area contributed by atoms with Crippen molar-refractivity contribution in [2.45, 2.75) is 0 Å². The Balaban J connectivity index is 2.95. The van der Waals surface area contributed by atoms with E-state index in [1.807, 2.05) is 0 Å². The Labute approximate surface area is 77.0 Å². The van der Waals surface area contributed by atoms with Crippen LogP contribution in [-0.2, 0) is 0 Å². The van der Waals surface area contributed by atoms with Gasteiger partial charge in [-0.2, -0.15) is 0 Å². The van der Waals surface area contributed by atoms with E-state index in [0.717, 1.165) is 0 Å². The van der Waals surface area contributed by atoms with Crippen molar-refractivity contribution in [3.05, 3.63) is 33.2 Å². The van der Waals surface area contributed by atoms with Crippen molar-refractivity contribution in [2.24, 2.45) is 0 Å². The monoisotopic (exact) mass is 260 g/mol. The molecule has 0 aliphatic rings. The first-order chi connectivity index (χ1) is 4.88. The Kier molecular flexibility index (Phi) is 1.66. The lowest BCUT2D eigenvalue weighted by molar-refractivity contribution is 1.79. The molecule has 1 aromatic heterocycles. The van der Waals surface area contributed by atoms with Gasteiger partial charge in [-0.3, -0.25) is 0 Å². The second-order valence-electron chi connectivity index (χ2n) is 2.08. The highest BCUT2D eigenvalue weighted by atomic mass is 127. The molecular formula is C8H5IS. The molecule has 0 aliphatic carbocycles. The summed E-state index contributed by atoms with van der Waals surface area (Å²) in [5.74, 6) is 0. The third-order valence-electron chi connectivity index (χ3n) is 1.43. The summed E-state index contributed by atoms with van der Waals surface area (Å²) >= 11 is 4.17. The molecule has 0 atom stereocenters. The molecule has 0 aliphatic heterocycles. The first-order valence-electron chi connectivity index (χ1n) is 2.99. The average molecular weight is 260 g/mol. The van der Waals surface area contributed by atoms with Crippen LogP contribution in [0.15, 0.2) is 29.6 Å². The van der Waals surface area contributed by atoms with Crippen molar-refractivity contribution in [3.8, 4) is 0 Å². The summed E-state index contributed by atoms with van der Waals surface area (Å²) < 4.78 is 2.76. The van der Waals surface area contributed by atoms with Crippen LogP contribution in [-0.4, -0.2) is 0 Å². The minimum Gasteiger partial charge on any atom is -0.143 e. The molecule has 0 nitrogen and oxygen atoms in total. The number of fused-ring (bicyclic) bond motifs is 1. The molecule has 0 saturated carbocycles. The first kappa shape index (κ1) is 6.61. The molecule has 2 rings (SSSR count). The van der Waals surface area contributed by atoms with Gasteiger partial charge in [0.1, 0.15) is 0 Å². The molecule has 1 aromatic carbocycles. The second-order valence-corrected chi connectivity index (χ2v) is 4.16. The Morgan fingerprint density at radius 1 is 1.20 bits per heavy atom. The largest absolute Gasteiger partial charge is 0.143 e. The van der Waals surface area contributed by atoms with Crippen molar-refractivity contribution in [1.82, 2.24) is 0 Å². The molecule has 0 amide bonds. The number of halogens is 1. The Hall–Kier alpha value is -0.0900. The van der Waals surface area contributed by atoms with Gasteiger partial charge in [-0.05, 0) is 45.5 Å². The number of thiophene rings is 1. The molecule has 1 heterocycles. The average Bonchev–Trinajstić information content (AvgIpc) is 2.36. The second kappa shape index (κ2) is 2.51. The third kappa shape index (κ3) is 0.953. The molecule has 50 valence electrons. The van der Waals surface area contributed by atoms with Gasteiger partial charge in [-0.15, -0.1) is 11.3 Å². The van der Waals surface area contributed by atoms with Crippen LogP contribution in [0.5, 0.6) is 0 Å². The van der Waals surface area contributed by atoms with Crippen LogP contribution in [0.4, 0.5) is 0 Å². The van der Waals surface area contributed by atoms with Crippen molar-refractivity contribution in [1.29, 1.82) is 0 Å². The maximum absolute atomic E-state index is 2.37. The van der Waals surface area contributed by atoms with Crippen LogP contribution < -0.4 is 0 Å².